The van der Waals surface area contributed by atoms with Crippen LogP contribution in [0.2, 0.25) is 0 Å². The number of esters is 1. The molecule has 366 valence electrons. The van der Waals surface area contributed by atoms with E-state index in [9.17, 15) is 4.79 Å². The average Bonchev–Trinajstić information content (AvgIpc) is 3.27. The van der Waals surface area contributed by atoms with Gasteiger partial charge in [0.1, 0.15) is 0 Å². The first-order chi connectivity index (χ1) is 30.3. The molecule has 61 heavy (non-hydrogen) atoms. The van der Waals surface area contributed by atoms with Crippen LogP contribution in [0.25, 0.3) is 0 Å². The molecule has 0 unspecified atom stereocenters. The second kappa shape index (κ2) is 57.5. The molecule has 2 heteroatoms. The molecule has 0 N–H and O–H groups in total. The van der Waals surface area contributed by atoms with Crippen LogP contribution in [0.1, 0.15) is 367 Å². The van der Waals surface area contributed by atoms with Crippen molar-refractivity contribution in [3.8, 4) is 0 Å². The monoisotopic (exact) mass is 859 g/mol. The fraction of sp³-hybridized carbons (Fsp3) is 0.983. The number of carbonyl (C=O) groups is 1. The highest BCUT2D eigenvalue weighted by molar-refractivity contribution is 5.69. The van der Waals surface area contributed by atoms with Crippen molar-refractivity contribution in [1.82, 2.24) is 0 Å². The van der Waals surface area contributed by atoms with Gasteiger partial charge in [-0.2, -0.15) is 0 Å². The number of unbranched alkanes of at least 4 members (excludes halogenated alkanes) is 52. The molecular formula is C59H118O2. The Morgan fingerprint density at radius 2 is 0.361 bits per heavy atom. The summed E-state index contributed by atoms with van der Waals surface area (Å²) in [6.07, 6.45) is 77.3. The molecule has 0 aliphatic heterocycles. The van der Waals surface area contributed by atoms with E-state index in [-0.39, 0.29) is 5.97 Å². The maximum absolute atomic E-state index is 12.1. The van der Waals surface area contributed by atoms with Crippen LogP contribution in [0.5, 0.6) is 0 Å². The van der Waals surface area contributed by atoms with Crippen molar-refractivity contribution in [2.45, 2.75) is 367 Å². The molecule has 0 fully saturated rings. The first-order valence-electron chi connectivity index (χ1n) is 29.5. The van der Waals surface area contributed by atoms with Crippen molar-refractivity contribution in [3.05, 3.63) is 0 Å². The summed E-state index contributed by atoms with van der Waals surface area (Å²) in [6, 6.07) is 0. The lowest BCUT2D eigenvalue weighted by Crippen LogP contribution is -2.05. The number of hydrogen-bond acceptors (Lipinski definition) is 2. The molecule has 0 aromatic rings. The Labute approximate surface area is 387 Å². The highest BCUT2D eigenvalue weighted by Gasteiger charge is 2.03. The summed E-state index contributed by atoms with van der Waals surface area (Å²) in [4.78, 5) is 12.1. The summed E-state index contributed by atoms with van der Waals surface area (Å²) in [7, 11) is 0. The molecule has 0 atom stereocenters. The second-order valence-corrected chi connectivity index (χ2v) is 20.4. The van der Waals surface area contributed by atoms with Gasteiger partial charge >= 0.3 is 5.97 Å². The van der Waals surface area contributed by atoms with E-state index in [1.165, 1.54) is 334 Å². The minimum atomic E-state index is 0.0363. The topological polar surface area (TPSA) is 26.3 Å². The van der Waals surface area contributed by atoms with Gasteiger partial charge in [0.05, 0.1) is 6.61 Å². The second-order valence-electron chi connectivity index (χ2n) is 20.4. The number of rotatable bonds is 56. The Bertz CT molecular complexity index is 762. The maximum Gasteiger partial charge on any atom is 0.305 e. The van der Waals surface area contributed by atoms with E-state index in [1.807, 2.05) is 0 Å². The van der Waals surface area contributed by atoms with Gasteiger partial charge in [0.2, 0.25) is 0 Å². The van der Waals surface area contributed by atoms with Crippen molar-refractivity contribution in [1.29, 1.82) is 0 Å². The van der Waals surface area contributed by atoms with Crippen LogP contribution in [-0.2, 0) is 9.53 Å². The molecule has 0 rings (SSSR count). The lowest BCUT2D eigenvalue weighted by molar-refractivity contribution is -0.143. The quantitative estimate of drug-likeness (QED) is 0.0450. The van der Waals surface area contributed by atoms with Crippen LogP contribution < -0.4 is 0 Å². The van der Waals surface area contributed by atoms with E-state index < -0.39 is 0 Å². The molecule has 0 heterocycles. The summed E-state index contributed by atoms with van der Waals surface area (Å²) < 4.78 is 5.52. The number of hydrogen-bond donors (Lipinski definition) is 0. The zero-order valence-corrected chi connectivity index (χ0v) is 42.9. The Morgan fingerprint density at radius 1 is 0.213 bits per heavy atom. The molecule has 0 aromatic carbocycles. The zero-order chi connectivity index (χ0) is 43.9. The van der Waals surface area contributed by atoms with Gasteiger partial charge in [-0.05, 0) is 12.8 Å². The summed E-state index contributed by atoms with van der Waals surface area (Å²) in [5.41, 5.74) is 0. The lowest BCUT2D eigenvalue weighted by atomic mass is 10.0. The van der Waals surface area contributed by atoms with Gasteiger partial charge < -0.3 is 4.74 Å². The number of ether oxygens (including phenoxy) is 1. The molecule has 0 saturated heterocycles. The summed E-state index contributed by atoms with van der Waals surface area (Å²) >= 11 is 0. The predicted molar refractivity (Wildman–Crippen MR) is 276 cm³/mol. The third-order valence-corrected chi connectivity index (χ3v) is 14.0. The van der Waals surface area contributed by atoms with Gasteiger partial charge in [0, 0.05) is 6.42 Å². The van der Waals surface area contributed by atoms with E-state index in [2.05, 4.69) is 13.8 Å². The highest BCUT2D eigenvalue weighted by Crippen LogP contribution is 2.19. The van der Waals surface area contributed by atoms with Gasteiger partial charge in [-0.15, -0.1) is 0 Å². The fourth-order valence-corrected chi connectivity index (χ4v) is 9.61. The van der Waals surface area contributed by atoms with Crippen molar-refractivity contribution >= 4 is 5.97 Å². The van der Waals surface area contributed by atoms with Crippen LogP contribution in [0, 0.1) is 0 Å². The molecule has 2 nitrogen and oxygen atoms in total. The minimum absolute atomic E-state index is 0.0363. The first kappa shape index (κ1) is 60.5. The smallest absolute Gasteiger partial charge is 0.305 e. The molecule has 0 spiro atoms. The Hall–Kier alpha value is -0.530. The van der Waals surface area contributed by atoms with Gasteiger partial charge in [0.25, 0.3) is 0 Å². The van der Waals surface area contributed by atoms with Crippen LogP contribution >= 0.6 is 0 Å². The third-order valence-electron chi connectivity index (χ3n) is 14.0. The Kier molecular flexibility index (Phi) is 57.0. The minimum Gasteiger partial charge on any atom is -0.466 e. The third kappa shape index (κ3) is 57.5. The van der Waals surface area contributed by atoms with Gasteiger partial charge in [-0.1, -0.05) is 348 Å². The van der Waals surface area contributed by atoms with E-state index in [0.29, 0.717) is 13.0 Å². The van der Waals surface area contributed by atoms with E-state index in [4.69, 9.17) is 4.74 Å². The van der Waals surface area contributed by atoms with E-state index >= 15 is 0 Å². The maximum atomic E-state index is 12.1. The van der Waals surface area contributed by atoms with Crippen molar-refractivity contribution in [3.63, 3.8) is 0 Å². The molecule has 0 saturated carbocycles. The normalized spacial score (nSPS) is 11.6. The average molecular weight is 860 g/mol. The van der Waals surface area contributed by atoms with Gasteiger partial charge in [-0.25, -0.2) is 0 Å². The molecule has 0 amide bonds. The van der Waals surface area contributed by atoms with Crippen molar-refractivity contribution in [2.75, 3.05) is 6.61 Å². The standard InChI is InChI=1S/C59H118O2/c1-3-5-7-9-11-13-15-17-19-21-23-25-27-29-30-31-32-33-34-36-38-40-42-44-46-48-50-52-54-56-58-61-59(60)57-55-53-51-49-47-45-43-41-39-37-35-28-26-24-22-20-18-16-14-12-10-8-6-4-2/h3-58H2,1-2H3. The van der Waals surface area contributed by atoms with Crippen molar-refractivity contribution < 1.29 is 9.53 Å². The molecule has 0 radical (unpaired) electrons. The van der Waals surface area contributed by atoms with Crippen molar-refractivity contribution in [2.24, 2.45) is 0 Å². The number of carbonyl (C=O) groups excluding carboxylic acids is 1. The Balaban J connectivity index is 3.14. The summed E-state index contributed by atoms with van der Waals surface area (Å²) in [5.74, 6) is 0.0363. The molecular weight excluding hydrogens is 741 g/mol. The first-order valence-corrected chi connectivity index (χ1v) is 29.5. The SMILES string of the molecule is CCCCCCCCCCCCCCCCCCCCCCCCCCCCCCCCOC(=O)CCCCCCCCCCCCCCCCCCCCCCCCCC. The lowest BCUT2D eigenvalue weighted by Gasteiger charge is -2.06. The summed E-state index contributed by atoms with van der Waals surface area (Å²) in [5, 5.41) is 0. The molecule has 0 aliphatic carbocycles. The van der Waals surface area contributed by atoms with Crippen LogP contribution in [-0.4, -0.2) is 12.6 Å². The molecule has 0 aromatic heterocycles. The van der Waals surface area contributed by atoms with Gasteiger partial charge in [0.15, 0.2) is 0 Å². The molecule has 0 bridgehead atoms. The Morgan fingerprint density at radius 3 is 0.541 bits per heavy atom. The predicted octanol–water partition coefficient (Wildman–Crippen LogP) is 22.0. The fourth-order valence-electron chi connectivity index (χ4n) is 9.61. The van der Waals surface area contributed by atoms with E-state index in [0.717, 1.165) is 12.8 Å². The summed E-state index contributed by atoms with van der Waals surface area (Å²) in [6.45, 7) is 5.25. The van der Waals surface area contributed by atoms with Crippen LogP contribution in [0.3, 0.4) is 0 Å². The largest absolute Gasteiger partial charge is 0.466 e. The zero-order valence-electron chi connectivity index (χ0n) is 42.9. The highest BCUT2D eigenvalue weighted by atomic mass is 16.5. The van der Waals surface area contributed by atoms with Gasteiger partial charge in [-0.3, -0.25) is 4.79 Å². The van der Waals surface area contributed by atoms with Crippen LogP contribution in [0.15, 0.2) is 0 Å². The van der Waals surface area contributed by atoms with E-state index in [1.54, 1.807) is 0 Å². The molecule has 0 aliphatic rings. The van der Waals surface area contributed by atoms with Crippen LogP contribution in [0.4, 0.5) is 0 Å².